The highest BCUT2D eigenvalue weighted by Crippen LogP contribution is 2.45. The van der Waals surface area contributed by atoms with E-state index in [-0.39, 0.29) is 11.5 Å². The van der Waals surface area contributed by atoms with Gasteiger partial charge in [-0.05, 0) is 33.7 Å². The van der Waals surface area contributed by atoms with Crippen LogP contribution in [0.4, 0.5) is 0 Å². The van der Waals surface area contributed by atoms with Crippen molar-refractivity contribution in [1.29, 1.82) is 0 Å². The monoisotopic (exact) mass is 430 g/mol. The standard InChI is InChI=1S/C22H13Cl3O3/c23-22(24,25)21(27)28-18-12-10-14-6-2-4-8-16(14)20(18)19-15-7-3-1-5-13(15)9-11-17(19)26/h1-12,26H. The van der Waals surface area contributed by atoms with Crippen molar-refractivity contribution in [3.05, 3.63) is 72.8 Å². The molecule has 140 valence electrons. The molecule has 0 aromatic heterocycles. The number of phenols is 1. The van der Waals surface area contributed by atoms with Crippen LogP contribution in [0.15, 0.2) is 72.8 Å². The highest BCUT2D eigenvalue weighted by molar-refractivity contribution is 6.75. The summed E-state index contributed by atoms with van der Waals surface area (Å²) in [7, 11) is 0. The zero-order valence-electron chi connectivity index (χ0n) is 14.3. The Morgan fingerprint density at radius 3 is 1.89 bits per heavy atom. The Labute approximate surface area is 176 Å². The average Bonchev–Trinajstić information content (AvgIpc) is 2.68. The fraction of sp³-hybridized carbons (Fsp3) is 0.0455. The van der Waals surface area contributed by atoms with Gasteiger partial charge in [0.2, 0.25) is 0 Å². The zero-order chi connectivity index (χ0) is 19.9. The molecule has 0 unspecified atom stereocenters. The van der Waals surface area contributed by atoms with Gasteiger partial charge in [0, 0.05) is 11.1 Å². The SMILES string of the molecule is O=C(Oc1ccc2ccccc2c1-c1c(O)ccc2ccccc12)C(Cl)(Cl)Cl. The summed E-state index contributed by atoms with van der Waals surface area (Å²) in [6.45, 7) is 0. The van der Waals surface area contributed by atoms with Crippen LogP contribution in [-0.2, 0) is 4.79 Å². The van der Waals surface area contributed by atoms with Gasteiger partial charge in [0.25, 0.3) is 3.79 Å². The lowest BCUT2D eigenvalue weighted by atomic mass is 9.92. The number of halogens is 3. The van der Waals surface area contributed by atoms with E-state index in [9.17, 15) is 9.90 Å². The summed E-state index contributed by atoms with van der Waals surface area (Å²) < 4.78 is 3.21. The first-order chi connectivity index (χ1) is 13.4. The molecule has 28 heavy (non-hydrogen) atoms. The van der Waals surface area contributed by atoms with Crippen molar-refractivity contribution in [2.24, 2.45) is 0 Å². The summed E-state index contributed by atoms with van der Waals surface area (Å²) in [5, 5.41) is 14.2. The second-order valence-corrected chi connectivity index (χ2v) is 8.51. The van der Waals surface area contributed by atoms with E-state index in [0.29, 0.717) is 11.1 Å². The Balaban J connectivity index is 2.07. The summed E-state index contributed by atoms with van der Waals surface area (Å²) >= 11 is 17.1. The van der Waals surface area contributed by atoms with Gasteiger partial charge >= 0.3 is 5.97 Å². The normalized spacial score (nSPS) is 11.7. The van der Waals surface area contributed by atoms with Gasteiger partial charge in [0.05, 0.1) is 0 Å². The van der Waals surface area contributed by atoms with Crippen LogP contribution in [0.3, 0.4) is 0 Å². The molecule has 0 bridgehead atoms. The van der Waals surface area contributed by atoms with Crippen LogP contribution in [0.5, 0.6) is 11.5 Å². The number of aromatic hydroxyl groups is 1. The molecule has 0 saturated carbocycles. The van der Waals surface area contributed by atoms with Gasteiger partial charge in [-0.15, -0.1) is 0 Å². The Hall–Kier alpha value is -2.46. The van der Waals surface area contributed by atoms with Crippen LogP contribution in [0.2, 0.25) is 0 Å². The van der Waals surface area contributed by atoms with Gasteiger partial charge < -0.3 is 9.84 Å². The Bertz CT molecular complexity index is 1210. The van der Waals surface area contributed by atoms with E-state index in [1.807, 2.05) is 60.7 Å². The molecule has 4 aromatic rings. The number of hydrogen-bond donors (Lipinski definition) is 1. The third-order valence-corrected chi connectivity index (χ3v) is 4.94. The van der Waals surface area contributed by atoms with Crippen molar-refractivity contribution in [3.63, 3.8) is 0 Å². The fourth-order valence-corrected chi connectivity index (χ4v) is 3.39. The van der Waals surface area contributed by atoms with Crippen molar-refractivity contribution in [2.45, 2.75) is 3.79 Å². The number of phenolic OH excluding ortho intramolecular Hbond substituents is 1. The minimum absolute atomic E-state index is 0.0567. The number of fused-ring (bicyclic) bond motifs is 2. The largest absolute Gasteiger partial charge is 0.507 e. The van der Waals surface area contributed by atoms with Crippen molar-refractivity contribution < 1.29 is 14.6 Å². The summed E-state index contributed by atoms with van der Waals surface area (Å²) in [6.07, 6.45) is 0. The third kappa shape index (κ3) is 3.37. The number of carbonyl (C=O) groups is 1. The molecular weight excluding hydrogens is 419 g/mol. The lowest BCUT2D eigenvalue weighted by Gasteiger charge is -2.18. The first-order valence-corrected chi connectivity index (χ1v) is 9.51. The topological polar surface area (TPSA) is 46.5 Å². The van der Waals surface area contributed by atoms with Crippen LogP contribution in [0.25, 0.3) is 32.7 Å². The van der Waals surface area contributed by atoms with E-state index < -0.39 is 9.76 Å². The molecule has 6 heteroatoms. The molecule has 4 aromatic carbocycles. The van der Waals surface area contributed by atoms with Crippen LogP contribution in [0, 0.1) is 0 Å². The summed E-state index contributed by atoms with van der Waals surface area (Å²) in [5.74, 6) is -0.767. The number of hydrogen-bond acceptors (Lipinski definition) is 3. The molecular formula is C22H13Cl3O3. The van der Waals surface area contributed by atoms with E-state index in [4.69, 9.17) is 39.5 Å². The maximum absolute atomic E-state index is 12.2. The molecule has 0 amide bonds. The van der Waals surface area contributed by atoms with E-state index >= 15 is 0 Å². The minimum Gasteiger partial charge on any atom is -0.507 e. The number of carbonyl (C=O) groups excluding carboxylic acids is 1. The first-order valence-electron chi connectivity index (χ1n) is 8.38. The van der Waals surface area contributed by atoms with E-state index in [2.05, 4.69) is 0 Å². The summed E-state index contributed by atoms with van der Waals surface area (Å²) in [4.78, 5) is 12.2. The predicted molar refractivity (Wildman–Crippen MR) is 114 cm³/mol. The molecule has 0 spiro atoms. The average molecular weight is 432 g/mol. The third-order valence-electron chi connectivity index (χ3n) is 4.48. The second kappa shape index (κ2) is 7.17. The maximum atomic E-state index is 12.2. The number of alkyl halides is 3. The lowest BCUT2D eigenvalue weighted by Crippen LogP contribution is -2.25. The van der Waals surface area contributed by atoms with Crippen molar-refractivity contribution in [1.82, 2.24) is 0 Å². The van der Waals surface area contributed by atoms with Gasteiger partial charge in [-0.25, -0.2) is 4.79 Å². The van der Waals surface area contributed by atoms with E-state index in [0.717, 1.165) is 21.5 Å². The number of ether oxygens (including phenoxy) is 1. The summed E-state index contributed by atoms with van der Waals surface area (Å²) in [6, 6.07) is 22.1. The lowest BCUT2D eigenvalue weighted by molar-refractivity contribution is -0.133. The van der Waals surface area contributed by atoms with Gasteiger partial charge in [-0.3, -0.25) is 0 Å². The molecule has 0 aliphatic heterocycles. The Morgan fingerprint density at radius 1 is 0.750 bits per heavy atom. The van der Waals surface area contributed by atoms with Crippen LogP contribution < -0.4 is 4.74 Å². The Morgan fingerprint density at radius 2 is 1.29 bits per heavy atom. The highest BCUT2D eigenvalue weighted by atomic mass is 35.6. The number of esters is 1. The quantitative estimate of drug-likeness (QED) is 0.220. The molecule has 0 atom stereocenters. The number of benzene rings is 4. The van der Waals surface area contributed by atoms with Gasteiger partial charge in [0.15, 0.2) is 0 Å². The number of rotatable bonds is 2. The fourth-order valence-electron chi connectivity index (χ4n) is 3.27. The molecule has 1 N–H and O–H groups in total. The zero-order valence-corrected chi connectivity index (χ0v) is 16.6. The van der Waals surface area contributed by atoms with E-state index in [1.165, 1.54) is 0 Å². The molecule has 0 fully saturated rings. The van der Waals surface area contributed by atoms with E-state index in [1.54, 1.807) is 12.1 Å². The predicted octanol–water partition coefficient (Wildman–Crippen LogP) is 6.64. The van der Waals surface area contributed by atoms with Crippen molar-refractivity contribution in [2.75, 3.05) is 0 Å². The maximum Gasteiger partial charge on any atom is 0.363 e. The van der Waals surface area contributed by atoms with Crippen molar-refractivity contribution >= 4 is 62.3 Å². The van der Waals surface area contributed by atoms with Gasteiger partial charge in [-0.1, -0.05) is 95.5 Å². The van der Waals surface area contributed by atoms with Crippen LogP contribution in [-0.4, -0.2) is 14.9 Å². The first kappa shape index (κ1) is 18.9. The van der Waals surface area contributed by atoms with Gasteiger partial charge in [0.1, 0.15) is 11.5 Å². The molecule has 0 saturated heterocycles. The molecule has 4 rings (SSSR count). The molecule has 3 nitrogen and oxygen atoms in total. The van der Waals surface area contributed by atoms with Crippen LogP contribution >= 0.6 is 34.8 Å². The highest BCUT2D eigenvalue weighted by Gasteiger charge is 2.34. The molecule has 0 aliphatic carbocycles. The minimum atomic E-state index is -2.22. The molecule has 0 aliphatic rings. The smallest absolute Gasteiger partial charge is 0.363 e. The second-order valence-electron chi connectivity index (χ2n) is 6.23. The van der Waals surface area contributed by atoms with Crippen molar-refractivity contribution in [3.8, 4) is 22.6 Å². The molecule has 0 heterocycles. The summed E-state index contributed by atoms with van der Waals surface area (Å²) in [5.41, 5.74) is 1.09. The molecule has 0 radical (unpaired) electrons. The Kier molecular flexibility index (Phi) is 4.84. The van der Waals surface area contributed by atoms with Gasteiger partial charge in [-0.2, -0.15) is 0 Å². The van der Waals surface area contributed by atoms with Crippen LogP contribution in [0.1, 0.15) is 0 Å².